The van der Waals surface area contributed by atoms with Crippen molar-refractivity contribution in [2.45, 2.75) is 121 Å². The minimum atomic E-state index is -1.57. The third-order valence-electron chi connectivity index (χ3n) is 11.5. The molecule has 3 rings (SSSR count). The van der Waals surface area contributed by atoms with Gasteiger partial charge in [0.25, 0.3) is 0 Å². The van der Waals surface area contributed by atoms with Gasteiger partial charge in [0.05, 0.1) is 25.8 Å². The van der Waals surface area contributed by atoms with Crippen LogP contribution < -0.4 is 70.8 Å². The van der Waals surface area contributed by atoms with Crippen molar-refractivity contribution in [2.75, 3.05) is 18.8 Å². The SMILES string of the molecule is CC(C)C[C@H](NC(=O)[C@H](Cc1cnc[nH]1)NC(=O)CNC(=O)[C@@H](NC(=O)[C@H](C)NC(=O)[C@H](Cc1c[nH]c2ccccc12)NC(=O)[C@H](CCC(N)=O)NC(=O)[C@H](CC(N)=O)NC(=O)CN)C(C)C)C(=O)N[C@@H](CS)C(N)=O. The van der Waals surface area contributed by atoms with Crippen LogP contribution in [0.3, 0.4) is 0 Å². The Kier molecular flexibility index (Phi) is 24.8. The van der Waals surface area contributed by atoms with Crippen LogP contribution in [0.25, 0.3) is 10.9 Å². The molecule has 8 atom stereocenters. The van der Waals surface area contributed by atoms with Crippen molar-refractivity contribution in [1.29, 1.82) is 0 Å². The van der Waals surface area contributed by atoms with Crippen LogP contribution in [0, 0.1) is 11.8 Å². The summed E-state index contributed by atoms with van der Waals surface area (Å²) in [5, 5.41) is 23.0. The molecule has 76 heavy (non-hydrogen) atoms. The smallest absolute Gasteiger partial charge is 0.243 e. The number of thiol groups is 1. The highest BCUT2D eigenvalue weighted by molar-refractivity contribution is 7.80. The lowest BCUT2D eigenvalue weighted by atomic mass is 10.0. The zero-order chi connectivity index (χ0) is 56.8. The van der Waals surface area contributed by atoms with Crippen LogP contribution in [-0.4, -0.2) is 153 Å². The Labute approximate surface area is 442 Å². The number of H-pyrrole nitrogens is 2. The van der Waals surface area contributed by atoms with Gasteiger partial charge in [-0.2, -0.15) is 12.6 Å². The predicted molar refractivity (Wildman–Crippen MR) is 277 cm³/mol. The first-order valence-corrected chi connectivity index (χ1v) is 24.8. The summed E-state index contributed by atoms with van der Waals surface area (Å²) in [6.07, 6.45) is 2.72. The molecule has 416 valence electrons. The van der Waals surface area contributed by atoms with Crippen molar-refractivity contribution in [3.8, 4) is 0 Å². The van der Waals surface area contributed by atoms with Gasteiger partial charge in [0.2, 0.25) is 70.9 Å². The van der Waals surface area contributed by atoms with Crippen molar-refractivity contribution in [3.63, 3.8) is 0 Å². The van der Waals surface area contributed by atoms with E-state index in [0.29, 0.717) is 22.2 Å². The van der Waals surface area contributed by atoms with Gasteiger partial charge in [-0.05, 0) is 43.2 Å². The lowest BCUT2D eigenvalue weighted by molar-refractivity contribution is -0.136. The number of aromatic nitrogens is 3. The molecule has 2 aromatic heterocycles. The standard InChI is InChI=1S/C47H70N16O12S/c1-22(2)12-30(44(72)62-34(20-76)40(51)68)60-45(73)32(14-26-18-52-21-55-26)58-38(67)19-54-47(75)39(23(3)4)63-41(69)24(5)56-43(71)31(13-25-17-53-28-9-7-6-8-27(25)28)61-42(70)29(10-11-35(49)64)59-46(74)33(15-36(50)65)57-37(66)16-48/h6-9,17-18,21-24,29-34,39,53,76H,10-16,19-20,48H2,1-5H3,(H2,49,64)(H2,50,65)(H2,51,68)(H,52,55)(H,54,75)(H,56,71)(H,57,66)(H,58,67)(H,59,74)(H,60,73)(H,61,70)(H,62,72)(H,63,69)/t24-,29-,30-,31-,32-,33-,34-,39-/m0/s1. The topological polar surface area (TPSA) is 462 Å². The molecule has 0 aliphatic carbocycles. The Morgan fingerprint density at radius 1 is 0.618 bits per heavy atom. The molecule has 2 heterocycles. The Bertz CT molecular complexity index is 2560. The summed E-state index contributed by atoms with van der Waals surface area (Å²) in [5.41, 5.74) is 23.0. The fourth-order valence-corrected chi connectivity index (χ4v) is 7.76. The van der Waals surface area contributed by atoms with Crippen LogP contribution in [0.4, 0.5) is 0 Å². The summed E-state index contributed by atoms with van der Waals surface area (Å²) in [7, 11) is 0. The van der Waals surface area contributed by atoms with E-state index in [1.165, 1.54) is 19.4 Å². The molecule has 0 radical (unpaired) electrons. The normalized spacial score (nSPS) is 14.3. The number of fused-ring (bicyclic) bond motifs is 1. The van der Waals surface area contributed by atoms with Gasteiger partial charge in [-0.3, -0.25) is 57.5 Å². The molecule has 0 saturated heterocycles. The van der Waals surface area contributed by atoms with Gasteiger partial charge >= 0.3 is 0 Å². The lowest BCUT2D eigenvalue weighted by Crippen LogP contribution is -2.60. The molecule has 1 aromatic carbocycles. The molecule has 0 aliphatic rings. The van der Waals surface area contributed by atoms with Crippen LogP contribution in [-0.2, 0) is 70.4 Å². The number of nitrogens with one attached hydrogen (secondary N) is 11. The predicted octanol–water partition coefficient (Wildman–Crippen LogP) is -5.09. The van der Waals surface area contributed by atoms with E-state index in [0.717, 1.165) is 0 Å². The molecule has 0 saturated carbocycles. The van der Waals surface area contributed by atoms with Crippen LogP contribution in [0.2, 0.25) is 0 Å². The minimum absolute atomic E-state index is 0.0980. The maximum absolute atomic E-state index is 14.2. The van der Waals surface area contributed by atoms with E-state index < -0.39 is 151 Å². The van der Waals surface area contributed by atoms with Crippen molar-refractivity contribution >= 4 is 94.4 Å². The summed E-state index contributed by atoms with van der Waals surface area (Å²) in [6, 6.07) is -3.80. The van der Waals surface area contributed by atoms with Gasteiger partial charge in [0.1, 0.15) is 48.3 Å². The van der Waals surface area contributed by atoms with Crippen molar-refractivity contribution in [2.24, 2.45) is 34.8 Å². The molecule has 12 amide bonds. The molecule has 28 nitrogen and oxygen atoms in total. The third-order valence-corrected chi connectivity index (χ3v) is 11.9. The number of benzene rings is 1. The largest absolute Gasteiger partial charge is 0.370 e. The Hall–Kier alpha value is -8.08. The van der Waals surface area contributed by atoms with E-state index in [1.807, 2.05) is 13.8 Å². The number of hydrogen-bond donors (Lipinski definition) is 16. The van der Waals surface area contributed by atoms with Gasteiger partial charge in [0, 0.05) is 54.0 Å². The Morgan fingerprint density at radius 2 is 1.20 bits per heavy atom. The number of nitrogens with two attached hydrogens (primary N) is 4. The average Bonchev–Trinajstić information content (AvgIpc) is 4.03. The first kappa shape index (κ1) is 62.2. The van der Waals surface area contributed by atoms with E-state index in [4.69, 9.17) is 22.9 Å². The highest BCUT2D eigenvalue weighted by Crippen LogP contribution is 2.20. The summed E-state index contributed by atoms with van der Waals surface area (Å²) >= 11 is 4.05. The number of carbonyl (C=O) groups excluding carboxylic acids is 12. The number of carbonyl (C=O) groups is 12. The number of rotatable bonds is 32. The second kappa shape index (κ2) is 30.3. The zero-order valence-electron chi connectivity index (χ0n) is 42.8. The van der Waals surface area contributed by atoms with Gasteiger partial charge in [-0.25, -0.2) is 4.98 Å². The molecule has 0 aliphatic heterocycles. The second-order valence-electron chi connectivity index (χ2n) is 18.6. The maximum Gasteiger partial charge on any atom is 0.243 e. The molecule has 29 heteroatoms. The van der Waals surface area contributed by atoms with Gasteiger partial charge in [-0.15, -0.1) is 0 Å². The number of nitrogens with zero attached hydrogens (tertiary/aromatic N) is 1. The second-order valence-corrected chi connectivity index (χ2v) is 19.0. The van der Waals surface area contributed by atoms with Crippen LogP contribution in [0.15, 0.2) is 43.0 Å². The number of hydrogen-bond acceptors (Lipinski definition) is 15. The first-order chi connectivity index (χ1) is 35.8. The van der Waals surface area contributed by atoms with Gasteiger partial charge < -0.3 is 80.8 Å². The van der Waals surface area contributed by atoms with E-state index >= 15 is 0 Å². The molecule has 0 fully saturated rings. The number of amides is 12. The maximum atomic E-state index is 14.2. The van der Waals surface area contributed by atoms with E-state index in [-0.39, 0.29) is 37.4 Å². The summed E-state index contributed by atoms with van der Waals surface area (Å²) in [4.78, 5) is 166. The highest BCUT2D eigenvalue weighted by Gasteiger charge is 2.34. The van der Waals surface area contributed by atoms with Crippen molar-refractivity contribution in [3.05, 3.63) is 54.2 Å². The number of aromatic amines is 2. The molecule has 0 spiro atoms. The van der Waals surface area contributed by atoms with Crippen LogP contribution >= 0.6 is 12.6 Å². The molecule has 19 N–H and O–H groups in total. The lowest BCUT2D eigenvalue weighted by Gasteiger charge is -2.27. The number of primary amides is 3. The quantitative estimate of drug-likeness (QED) is 0.0260. The first-order valence-electron chi connectivity index (χ1n) is 24.2. The van der Waals surface area contributed by atoms with E-state index in [2.05, 4.69) is 75.4 Å². The summed E-state index contributed by atoms with van der Waals surface area (Å²) in [6.45, 7) is 6.90. The average molecular weight is 1080 g/mol. The number of imidazole rings is 1. The van der Waals surface area contributed by atoms with Crippen molar-refractivity contribution in [1.82, 2.24) is 62.8 Å². The van der Waals surface area contributed by atoms with Gasteiger partial charge in [-0.1, -0.05) is 45.9 Å². The molecule has 0 bridgehead atoms. The van der Waals surface area contributed by atoms with Gasteiger partial charge in [0.15, 0.2) is 0 Å². The van der Waals surface area contributed by atoms with Crippen LogP contribution in [0.1, 0.15) is 71.6 Å². The summed E-state index contributed by atoms with van der Waals surface area (Å²) in [5.74, 6) is -11.2. The minimum Gasteiger partial charge on any atom is -0.370 e. The molecular formula is C47H70N16O12S. The van der Waals surface area contributed by atoms with Crippen molar-refractivity contribution < 1.29 is 57.5 Å². The van der Waals surface area contributed by atoms with E-state index in [1.54, 1.807) is 44.3 Å². The number of para-hydroxylation sites is 1. The molecule has 0 unspecified atom stereocenters. The van der Waals surface area contributed by atoms with E-state index in [9.17, 15) is 57.5 Å². The monoisotopic (exact) mass is 1080 g/mol. The third kappa shape index (κ3) is 20.3. The zero-order valence-corrected chi connectivity index (χ0v) is 43.7. The summed E-state index contributed by atoms with van der Waals surface area (Å²) < 4.78 is 0. The Balaban J connectivity index is 1.78. The molecular weight excluding hydrogens is 1010 g/mol. The fraction of sp³-hybridized carbons (Fsp3) is 0.511. The van der Waals surface area contributed by atoms with Crippen LogP contribution in [0.5, 0.6) is 0 Å². The highest BCUT2D eigenvalue weighted by atomic mass is 32.1. The fourth-order valence-electron chi connectivity index (χ4n) is 7.49. The Morgan fingerprint density at radius 3 is 1.79 bits per heavy atom. The molecule has 3 aromatic rings.